The summed E-state index contributed by atoms with van der Waals surface area (Å²) in [6, 6.07) is 6.56. The third-order valence-corrected chi connectivity index (χ3v) is 7.52. The van der Waals surface area contributed by atoms with Gasteiger partial charge < -0.3 is 19.8 Å². The van der Waals surface area contributed by atoms with Crippen molar-refractivity contribution < 1.29 is 14.9 Å². The summed E-state index contributed by atoms with van der Waals surface area (Å²) in [6.07, 6.45) is 14.3. The maximum atomic E-state index is 10.7. The standard InChI is InChI=1S/C27H41NO3/c1-2-3-4-12-21(29)14-15-22-24(30)19-25-26(22)23-13-9-11-20(27(23)31-25)10-5-6-16-28-17-7-8-18-28/h9,11,13-15,21-22,24-26,29-30H,2-8,10,12,16-19H2,1H3/b15-14+/t21-,22-,24+,25-,26-/m0/s1. The first kappa shape index (κ1) is 22.8. The van der Waals surface area contributed by atoms with Gasteiger partial charge in [-0.1, -0.05) is 56.5 Å². The van der Waals surface area contributed by atoms with Gasteiger partial charge in [0.2, 0.25) is 0 Å². The van der Waals surface area contributed by atoms with Gasteiger partial charge in [-0.15, -0.1) is 0 Å². The average Bonchev–Trinajstić information content (AvgIpc) is 3.46. The summed E-state index contributed by atoms with van der Waals surface area (Å²) >= 11 is 0. The van der Waals surface area contributed by atoms with E-state index in [9.17, 15) is 10.2 Å². The third kappa shape index (κ3) is 5.53. The summed E-state index contributed by atoms with van der Waals surface area (Å²) in [6.45, 7) is 5.95. The summed E-state index contributed by atoms with van der Waals surface area (Å²) in [5.74, 6) is 1.30. The van der Waals surface area contributed by atoms with E-state index >= 15 is 0 Å². The second kappa shape index (κ2) is 11.0. The van der Waals surface area contributed by atoms with Gasteiger partial charge in [-0.05, 0) is 63.7 Å². The van der Waals surface area contributed by atoms with Gasteiger partial charge in [-0.25, -0.2) is 0 Å². The van der Waals surface area contributed by atoms with E-state index in [1.54, 1.807) is 0 Å². The minimum Gasteiger partial charge on any atom is -0.489 e. The molecule has 31 heavy (non-hydrogen) atoms. The zero-order valence-electron chi connectivity index (χ0n) is 19.2. The van der Waals surface area contributed by atoms with Crippen LogP contribution in [0.1, 0.15) is 81.8 Å². The Morgan fingerprint density at radius 1 is 1.16 bits per heavy atom. The molecule has 0 unspecified atom stereocenters. The fourth-order valence-electron chi connectivity index (χ4n) is 5.78. The lowest BCUT2D eigenvalue weighted by Crippen LogP contribution is -2.20. The lowest BCUT2D eigenvalue weighted by Gasteiger charge is -2.18. The first-order valence-corrected chi connectivity index (χ1v) is 12.7. The zero-order chi connectivity index (χ0) is 21.6. The predicted octanol–water partition coefficient (Wildman–Crippen LogP) is 4.83. The Balaban J connectivity index is 1.37. The quantitative estimate of drug-likeness (QED) is 0.392. The van der Waals surface area contributed by atoms with Crippen molar-refractivity contribution in [1.82, 2.24) is 4.90 Å². The molecule has 5 atom stereocenters. The van der Waals surface area contributed by atoms with Crippen LogP contribution in [0.3, 0.4) is 0 Å². The second-order valence-corrected chi connectivity index (χ2v) is 9.85. The highest BCUT2D eigenvalue weighted by molar-refractivity contribution is 5.49. The molecule has 0 spiro atoms. The zero-order valence-corrected chi connectivity index (χ0v) is 19.2. The molecule has 2 aliphatic heterocycles. The number of benzene rings is 1. The molecule has 4 nitrogen and oxygen atoms in total. The van der Waals surface area contributed by atoms with E-state index in [-0.39, 0.29) is 17.9 Å². The highest BCUT2D eigenvalue weighted by atomic mass is 16.5. The highest BCUT2D eigenvalue weighted by Crippen LogP contribution is 2.52. The summed E-state index contributed by atoms with van der Waals surface area (Å²) in [7, 11) is 0. The second-order valence-electron chi connectivity index (χ2n) is 9.85. The molecule has 1 saturated carbocycles. The van der Waals surface area contributed by atoms with Gasteiger partial charge in [0.05, 0.1) is 12.2 Å². The van der Waals surface area contributed by atoms with Crippen molar-refractivity contribution in [3.63, 3.8) is 0 Å². The van der Waals surface area contributed by atoms with Crippen LogP contribution in [0.25, 0.3) is 0 Å². The van der Waals surface area contributed by atoms with Crippen LogP contribution in [0.4, 0.5) is 0 Å². The number of fused-ring (bicyclic) bond motifs is 3. The number of aryl methyl sites for hydroxylation is 1. The summed E-state index contributed by atoms with van der Waals surface area (Å²) in [5.41, 5.74) is 2.58. The number of rotatable bonds is 11. The van der Waals surface area contributed by atoms with Gasteiger partial charge in [0, 0.05) is 23.8 Å². The molecule has 4 rings (SSSR count). The minimum absolute atomic E-state index is 0.0255. The number of para-hydroxylation sites is 1. The number of hydrogen-bond donors (Lipinski definition) is 2. The Kier molecular flexibility index (Phi) is 8.08. The fourth-order valence-corrected chi connectivity index (χ4v) is 5.78. The van der Waals surface area contributed by atoms with Crippen LogP contribution in [0.15, 0.2) is 30.4 Å². The summed E-state index contributed by atoms with van der Waals surface area (Å²) < 4.78 is 6.41. The average molecular weight is 428 g/mol. The van der Waals surface area contributed by atoms with Crippen LogP contribution < -0.4 is 4.74 Å². The first-order valence-electron chi connectivity index (χ1n) is 12.7. The van der Waals surface area contributed by atoms with Crippen molar-refractivity contribution in [3.05, 3.63) is 41.5 Å². The van der Waals surface area contributed by atoms with E-state index in [2.05, 4.69) is 36.1 Å². The molecule has 1 aromatic rings. The van der Waals surface area contributed by atoms with Crippen LogP contribution >= 0.6 is 0 Å². The van der Waals surface area contributed by atoms with Crippen molar-refractivity contribution in [1.29, 1.82) is 0 Å². The number of likely N-dealkylation sites (tertiary alicyclic amines) is 1. The van der Waals surface area contributed by atoms with Gasteiger partial charge in [0.25, 0.3) is 0 Å². The highest BCUT2D eigenvalue weighted by Gasteiger charge is 2.48. The smallest absolute Gasteiger partial charge is 0.126 e. The molecule has 0 amide bonds. The molecular formula is C27H41NO3. The summed E-state index contributed by atoms with van der Waals surface area (Å²) in [4.78, 5) is 2.59. The Bertz CT molecular complexity index is 727. The van der Waals surface area contributed by atoms with Crippen molar-refractivity contribution >= 4 is 0 Å². The molecule has 1 aliphatic carbocycles. The normalized spacial score (nSPS) is 28.7. The topological polar surface area (TPSA) is 52.9 Å². The lowest BCUT2D eigenvalue weighted by atomic mass is 9.86. The number of unbranched alkanes of at least 4 members (excludes halogenated alkanes) is 3. The van der Waals surface area contributed by atoms with Crippen LogP contribution in [-0.2, 0) is 6.42 Å². The molecule has 0 aromatic heterocycles. The fraction of sp³-hybridized carbons (Fsp3) is 0.704. The van der Waals surface area contributed by atoms with Gasteiger partial charge in [0.15, 0.2) is 0 Å². The van der Waals surface area contributed by atoms with Crippen LogP contribution in [0.5, 0.6) is 5.75 Å². The molecule has 3 aliphatic rings. The Morgan fingerprint density at radius 3 is 2.81 bits per heavy atom. The van der Waals surface area contributed by atoms with Crippen LogP contribution in [0.2, 0.25) is 0 Å². The largest absolute Gasteiger partial charge is 0.489 e. The molecule has 0 radical (unpaired) electrons. The van der Waals surface area contributed by atoms with Gasteiger partial charge in [-0.2, -0.15) is 0 Å². The molecule has 1 saturated heterocycles. The Labute approximate surface area is 188 Å². The molecular weight excluding hydrogens is 386 g/mol. The van der Waals surface area contributed by atoms with Crippen molar-refractivity contribution in [2.24, 2.45) is 5.92 Å². The maximum Gasteiger partial charge on any atom is 0.126 e. The monoisotopic (exact) mass is 427 g/mol. The van der Waals surface area contributed by atoms with Crippen LogP contribution in [-0.4, -0.2) is 53.1 Å². The van der Waals surface area contributed by atoms with Gasteiger partial charge in [-0.3, -0.25) is 0 Å². The summed E-state index contributed by atoms with van der Waals surface area (Å²) in [5, 5.41) is 21.0. The molecule has 1 aromatic carbocycles. The number of ether oxygens (including phenoxy) is 1. The van der Waals surface area contributed by atoms with Crippen molar-refractivity contribution in [2.75, 3.05) is 19.6 Å². The van der Waals surface area contributed by atoms with Crippen LogP contribution in [0, 0.1) is 5.92 Å². The number of aliphatic hydroxyl groups excluding tert-OH is 2. The first-order chi connectivity index (χ1) is 15.2. The predicted molar refractivity (Wildman–Crippen MR) is 126 cm³/mol. The maximum absolute atomic E-state index is 10.7. The van der Waals surface area contributed by atoms with E-state index in [0.29, 0.717) is 6.42 Å². The Hall–Kier alpha value is -1.36. The molecule has 0 bridgehead atoms. The van der Waals surface area contributed by atoms with E-state index in [1.165, 1.54) is 56.4 Å². The molecule has 2 fully saturated rings. The van der Waals surface area contributed by atoms with E-state index in [1.807, 2.05) is 6.08 Å². The number of nitrogens with zero attached hydrogens (tertiary/aromatic N) is 1. The third-order valence-electron chi connectivity index (χ3n) is 7.52. The SMILES string of the molecule is CCCCC[C@H](O)/C=C/[C@@H]1[C@H]2c3cccc(CCCCN4CCCC4)c3O[C@H]2C[C@H]1O. The lowest BCUT2D eigenvalue weighted by molar-refractivity contribution is 0.135. The minimum atomic E-state index is -0.415. The number of aliphatic hydroxyl groups is 2. The van der Waals surface area contributed by atoms with Crippen molar-refractivity contribution in [3.8, 4) is 5.75 Å². The molecule has 2 N–H and O–H groups in total. The van der Waals surface area contributed by atoms with Gasteiger partial charge >= 0.3 is 0 Å². The number of hydrogen-bond acceptors (Lipinski definition) is 4. The van der Waals surface area contributed by atoms with Crippen molar-refractivity contribution in [2.45, 2.75) is 95.4 Å². The van der Waals surface area contributed by atoms with Gasteiger partial charge in [0.1, 0.15) is 11.9 Å². The molecule has 4 heteroatoms. The molecule has 172 valence electrons. The molecule has 2 heterocycles. The van der Waals surface area contributed by atoms with E-state index in [4.69, 9.17) is 4.74 Å². The van der Waals surface area contributed by atoms with E-state index in [0.717, 1.165) is 37.9 Å². The Morgan fingerprint density at radius 2 is 2.00 bits per heavy atom. The van der Waals surface area contributed by atoms with E-state index < -0.39 is 12.2 Å².